The van der Waals surface area contributed by atoms with Crippen molar-refractivity contribution in [2.24, 2.45) is 10.7 Å². The van der Waals surface area contributed by atoms with E-state index in [1.807, 2.05) is 0 Å². The molecule has 21 heavy (non-hydrogen) atoms. The van der Waals surface area contributed by atoms with Crippen LogP contribution in [0.25, 0.3) is 0 Å². The molecule has 9 heteroatoms. The predicted octanol–water partition coefficient (Wildman–Crippen LogP) is 1.21. The van der Waals surface area contributed by atoms with Crippen LogP contribution in [0, 0.1) is 0 Å². The van der Waals surface area contributed by atoms with Gasteiger partial charge >= 0.3 is 6.09 Å². The van der Waals surface area contributed by atoms with Crippen LogP contribution in [-0.2, 0) is 14.6 Å². The minimum atomic E-state index is -3.39. The van der Waals surface area contributed by atoms with Gasteiger partial charge in [0.05, 0.1) is 13.7 Å². The number of carbonyl (C=O) groups excluding carboxylic acids is 1. The highest BCUT2D eigenvalue weighted by Gasteiger charge is 2.23. The number of alkyl carbamates (subject to hydrolysis) is 1. The lowest BCUT2D eigenvalue weighted by atomic mass is 10.1. The number of nitrogens with zero attached hydrogens (tertiary/aromatic N) is 1. The first-order valence-corrected chi connectivity index (χ1v) is 8.58. The number of amides is 1. The molecule has 1 aromatic carbocycles. The molecule has 0 saturated heterocycles. The zero-order valence-corrected chi connectivity index (χ0v) is 13.9. The van der Waals surface area contributed by atoms with Gasteiger partial charge < -0.3 is 10.5 Å². The number of rotatable bonds is 4. The van der Waals surface area contributed by atoms with Crippen molar-refractivity contribution in [3.8, 4) is 0 Å². The van der Waals surface area contributed by atoms with Crippen LogP contribution in [0.5, 0.6) is 0 Å². The standard InChI is InChI=1S/C12H16BrN3O4S/c1-20-12(17)16-11(14)15-7-10(21(2,18)19)8-4-3-5-9(13)6-8/h3-6,10H,7H2,1-2H3,(H3,14,15,16,17). The Morgan fingerprint density at radius 3 is 2.71 bits per heavy atom. The summed E-state index contributed by atoms with van der Waals surface area (Å²) >= 11 is 3.29. The van der Waals surface area contributed by atoms with Gasteiger partial charge in [0.15, 0.2) is 15.8 Å². The molecule has 1 aromatic rings. The van der Waals surface area contributed by atoms with Crippen molar-refractivity contribution >= 4 is 37.8 Å². The number of ether oxygens (including phenoxy) is 1. The fraction of sp³-hybridized carbons (Fsp3) is 0.333. The number of nitrogens with one attached hydrogen (secondary N) is 1. The summed E-state index contributed by atoms with van der Waals surface area (Å²) in [6, 6.07) is 6.91. The summed E-state index contributed by atoms with van der Waals surface area (Å²) in [5.41, 5.74) is 6.07. The molecule has 0 radical (unpaired) electrons. The van der Waals surface area contributed by atoms with E-state index in [4.69, 9.17) is 5.73 Å². The van der Waals surface area contributed by atoms with Gasteiger partial charge in [-0.1, -0.05) is 28.1 Å². The number of nitrogens with two attached hydrogens (primary N) is 1. The van der Waals surface area contributed by atoms with Crippen LogP contribution in [0.1, 0.15) is 10.8 Å². The maximum absolute atomic E-state index is 11.9. The Morgan fingerprint density at radius 1 is 1.52 bits per heavy atom. The fourth-order valence-corrected chi connectivity index (χ4v) is 2.97. The third kappa shape index (κ3) is 5.72. The van der Waals surface area contributed by atoms with Gasteiger partial charge in [-0.15, -0.1) is 0 Å². The molecule has 1 amide bonds. The number of aliphatic imine (C=N–C) groups is 1. The van der Waals surface area contributed by atoms with E-state index in [0.29, 0.717) is 5.56 Å². The largest absolute Gasteiger partial charge is 0.453 e. The van der Waals surface area contributed by atoms with E-state index in [-0.39, 0.29) is 12.5 Å². The van der Waals surface area contributed by atoms with Gasteiger partial charge in [0, 0.05) is 10.7 Å². The van der Waals surface area contributed by atoms with E-state index in [2.05, 4.69) is 31.0 Å². The highest BCUT2D eigenvalue weighted by atomic mass is 79.9. The molecular formula is C12H16BrN3O4S. The number of benzene rings is 1. The Hall–Kier alpha value is -1.61. The molecule has 116 valence electrons. The molecule has 0 aliphatic carbocycles. The molecule has 0 heterocycles. The van der Waals surface area contributed by atoms with E-state index >= 15 is 0 Å². The second-order valence-corrected chi connectivity index (χ2v) is 7.36. The van der Waals surface area contributed by atoms with Crippen LogP contribution in [0.2, 0.25) is 0 Å². The molecule has 1 rings (SSSR count). The first kappa shape index (κ1) is 17.4. The molecule has 0 aliphatic heterocycles. The van der Waals surface area contributed by atoms with Gasteiger partial charge in [-0.3, -0.25) is 10.3 Å². The number of sulfone groups is 1. The Bertz CT molecular complexity index is 646. The third-order valence-electron chi connectivity index (χ3n) is 2.58. The molecule has 0 bridgehead atoms. The number of carbonyl (C=O) groups is 1. The molecule has 0 aromatic heterocycles. The van der Waals surface area contributed by atoms with E-state index < -0.39 is 21.2 Å². The van der Waals surface area contributed by atoms with Crippen LogP contribution in [0.15, 0.2) is 33.7 Å². The van der Waals surface area contributed by atoms with Crippen molar-refractivity contribution in [1.82, 2.24) is 5.32 Å². The molecular weight excluding hydrogens is 362 g/mol. The molecule has 7 nitrogen and oxygen atoms in total. The summed E-state index contributed by atoms with van der Waals surface area (Å²) in [6.45, 7) is -0.106. The highest BCUT2D eigenvalue weighted by molar-refractivity contribution is 9.10. The minimum Gasteiger partial charge on any atom is -0.453 e. The van der Waals surface area contributed by atoms with Crippen LogP contribution >= 0.6 is 15.9 Å². The van der Waals surface area contributed by atoms with Crippen LogP contribution in [0.3, 0.4) is 0 Å². The molecule has 1 unspecified atom stereocenters. The number of halogens is 1. The Labute approximate surface area is 131 Å². The number of guanidine groups is 1. The SMILES string of the molecule is COC(=O)NC(N)=NCC(c1cccc(Br)c1)S(C)(=O)=O. The topological polar surface area (TPSA) is 111 Å². The van der Waals surface area contributed by atoms with E-state index in [1.165, 1.54) is 7.11 Å². The smallest absolute Gasteiger partial charge is 0.413 e. The van der Waals surface area contributed by atoms with Crippen LogP contribution in [-0.4, -0.2) is 40.4 Å². The Kier molecular flexibility index (Phi) is 6.16. The summed E-state index contributed by atoms with van der Waals surface area (Å²) < 4.78 is 28.9. The first-order valence-electron chi connectivity index (χ1n) is 5.83. The maximum atomic E-state index is 11.9. The lowest BCUT2D eigenvalue weighted by Crippen LogP contribution is -2.37. The Morgan fingerprint density at radius 2 is 2.19 bits per heavy atom. The van der Waals surface area contributed by atoms with Crippen molar-refractivity contribution in [3.05, 3.63) is 34.3 Å². The van der Waals surface area contributed by atoms with Gasteiger partial charge in [-0.25, -0.2) is 13.2 Å². The van der Waals surface area contributed by atoms with E-state index in [0.717, 1.165) is 10.7 Å². The minimum absolute atomic E-state index is 0.106. The van der Waals surface area contributed by atoms with Crippen molar-refractivity contribution in [1.29, 1.82) is 0 Å². The second-order valence-electron chi connectivity index (χ2n) is 4.22. The number of methoxy groups -OCH3 is 1. The summed E-state index contributed by atoms with van der Waals surface area (Å²) in [7, 11) is -2.21. The predicted molar refractivity (Wildman–Crippen MR) is 83.8 cm³/mol. The molecule has 0 spiro atoms. The second kappa shape index (κ2) is 7.41. The Balaban J connectivity index is 2.96. The zero-order chi connectivity index (χ0) is 16.0. The average molecular weight is 378 g/mol. The van der Waals surface area contributed by atoms with Gasteiger partial charge in [-0.05, 0) is 17.7 Å². The third-order valence-corrected chi connectivity index (χ3v) is 4.53. The van der Waals surface area contributed by atoms with Gasteiger partial charge in [-0.2, -0.15) is 0 Å². The monoisotopic (exact) mass is 377 g/mol. The fourth-order valence-electron chi connectivity index (χ4n) is 1.57. The maximum Gasteiger partial charge on any atom is 0.413 e. The summed E-state index contributed by atoms with van der Waals surface area (Å²) in [5.74, 6) is -0.203. The average Bonchev–Trinajstić information content (AvgIpc) is 2.37. The van der Waals surface area contributed by atoms with Crippen molar-refractivity contribution in [2.45, 2.75) is 5.25 Å². The van der Waals surface area contributed by atoms with Gasteiger partial charge in [0.25, 0.3) is 0 Å². The summed E-state index contributed by atoms with van der Waals surface area (Å²) in [5, 5.41) is 1.31. The molecule has 0 fully saturated rings. The van der Waals surface area contributed by atoms with Crippen molar-refractivity contribution < 1.29 is 17.9 Å². The summed E-state index contributed by atoms with van der Waals surface area (Å²) in [4.78, 5) is 14.8. The lowest BCUT2D eigenvalue weighted by Gasteiger charge is -2.14. The number of hydrogen-bond acceptors (Lipinski definition) is 5. The first-order chi connectivity index (χ1) is 9.74. The highest BCUT2D eigenvalue weighted by Crippen LogP contribution is 2.24. The quantitative estimate of drug-likeness (QED) is 0.604. The molecule has 0 aliphatic rings. The van der Waals surface area contributed by atoms with Crippen molar-refractivity contribution in [2.75, 3.05) is 19.9 Å². The number of hydrogen-bond donors (Lipinski definition) is 2. The zero-order valence-electron chi connectivity index (χ0n) is 11.5. The molecule has 3 N–H and O–H groups in total. The summed E-state index contributed by atoms with van der Waals surface area (Å²) in [6.07, 6.45) is 0.354. The molecule has 1 atom stereocenters. The van der Waals surface area contributed by atoms with Gasteiger partial charge in [0.1, 0.15) is 5.25 Å². The van der Waals surface area contributed by atoms with Crippen LogP contribution in [0.4, 0.5) is 4.79 Å². The van der Waals surface area contributed by atoms with E-state index in [1.54, 1.807) is 24.3 Å². The molecule has 0 saturated carbocycles. The van der Waals surface area contributed by atoms with E-state index in [9.17, 15) is 13.2 Å². The van der Waals surface area contributed by atoms with Crippen molar-refractivity contribution in [3.63, 3.8) is 0 Å². The van der Waals surface area contributed by atoms with Crippen LogP contribution < -0.4 is 11.1 Å². The van der Waals surface area contributed by atoms with Gasteiger partial charge in [0.2, 0.25) is 0 Å². The lowest BCUT2D eigenvalue weighted by molar-refractivity contribution is 0.176. The normalized spacial score (nSPS) is 13.6.